The van der Waals surface area contributed by atoms with Gasteiger partial charge < -0.3 is 10.0 Å². The highest BCUT2D eigenvalue weighted by Crippen LogP contribution is 2.20. The number of hydrogen-bond donors (Lipinski definition) is 1. The summed E-state index contributed by atoms with van der Waals surface area (Å²) in [4.78, 5) is 2.20. The molecule has 2 atom stereocenters. The molecule has 2 nitrogen and oxygen atoms in total. The lowest BCUT2D eigenvalue weighted by molar-refractivity contribution is 0.138. The van der Waals surface area contributed by atoms with Gasteiger partial charge in [0.15, 0.2) is 0 Å². The van der Waals surface area contributed by atoms with Crippen LogP contribution in [-0.2, 0) is 0 Å². The standard InChI is InChI=1S/C14H22FNOS/c1-11(10-18-3)16(2)9-8-14(17)12-6-4-5-7-13(12)15/h4-7,11,14,17H,8-10H2,1-3H3. The van der Waals surface area contributed by atoms with Crippen LogP contribution in [0.25, 0.3) is 0 Å². The van der Waals surface area contributed by atoms with E-state index in [9.17, 15) is 9.50 Å². The second kappa shape index (κ2) is 7.77. The third-order valence-corrected chi connectivity index (χ3v) is 4.00. The summed E-state index contributed by atoms with van der Waals surface area (Å²) in [5, 5.41) is 9.99. The fraction of sp³-hybridized carbons (Fsp3) is 0.571. The van der Waals surface area contributed by atoms with Crippen LogP contribution in [0.4, 0.5) is 4.39 Å². The molecule has 0 amide bonds. The van der Waals surface area contributed by atoms with E-state index in [2.05, 4.69) is 18.1 Å². The zero-order chi connectivity index (χ0) is 13.5. The Bertz CT molecular complexity index is 361. The van der Waals surface area contributed by atoms with Gasteiger partial charge in [0.05, 0.1) is 6.10 Å². The zero-order valence-electron chi connectivity index (χ0n) is 11.3. The number of nitrogens with zero attached hydrogens (tertiary/aromatic N) is 1. The topological polar surface area (TPSA) is 23.5 Å². The Balaban J connectivity index is 2.46. The molecule has 0 heterocycles. The van der Waals surface area contributed by atoms with Crippen molar-refractivity contribution in [3.8, 4) is 0 Å². The van der Waals surface area contributed by atoms with Gasteiger partial charge in [0, 0.05) is 23.9 Å². The molecule has 18 heavy (non-hydrogen) atoms. The molecule has 0 bridgehead atoms. The molecule has 1 rings (SSSR count). The molecule has 0 radical (unpaired) electrons. The molecule has 1 aromatic carbocycles. The summed E-state index contributed by atoms with van der Waals surface area (Å²) < 4.78 is 13.5. The Morgan fingerprint density at radius 2 is 2.06 bits per heavy atom. The molecule has 0 aliphatic carbocycles. The molecule has 0 fully saturated rings. The summed E-state index contributed by atoms with van der Waals surface area (Å²) in [7, 11) is 2.04. The number of aliphatic hydroxyl groups is 1. The van der Waals surface area contributed by atoms with Crippen molar-refractivity contribution in [3.05, 3.63) is 35.6 Å². The summed E-state index contributed by atoms with van der Waals surface area (Å²) in [5.74, 6) is 0.733. The average Bonchev–Trinajstić information content (AvgIpc) is 2.36. The van der Waals surface area contributed by atoms with Crippen LogP contribution in [0.5, 0.6) is 0 Å². The van der Waals surface area contributed by atoms with Gasteiger partial charge in [0.1, 0.15) is 5.82 Å². The molecule has 0 aliphatic rings. The van der Waals surface area contributed by atoms with Gasteiger partial charge in [-0.25, -0.2) is 4.39 Å². The van der Waals surface area contributed by atoms with Crippen LogP contribution in [0.2, 0.25) is 0 Å². The third kappa shape index (κ3) is 4.59. The highest BCUT2D eigenvalue weighted by atomic mass is 32.2. The Morgan fingerprint density at radius 1 is 1.39 bits per heavy atom. The molecular formula is C14H22FNOS. The van der Waals surface area contributed by atoms with Crippen LogP contribution < -0.4 is 0 Å². The van der Waals surface area contributed by atoms with Crippen molar-refractivity contribution < 1.29 is 9.50 Å². The minimum atomic E-state index is -0.727. The van der Waals surface area contributed by atoms with Crippen LogP contribution in [0.15, 0.2) is 24.3 Å². The summed E-state index contributed by atoms with van der Waals surface area (Å²) in [6.45, 7) is 2.92. The lowest BCUT2D eigenvalue weighted by Gasteiger charge is -2.25. The van der Waals surface area contributed by atoms with Crippen molar-refractivity contribution in [2.24, 2.45) is 0 Å². The lowest BCUT2D eigenvalue weighted by atomic mass is 10.1. The SMILES string of the molecule is CSCC(C)N(C)CCC(O)c1ccccc1F. The number of aliphatic hydroxyl groups excluding tert-OH is 1. The number of rotatable bonds is 7. The van der Waals surface area contributed by atoms with Crippen LogP contribution in [0.1, 0.15) is 25.0 Å². The van der Waals surface area contributed by atoms with Crippen molar-refractivity contribution in [3.63, 3.8) is 0 Å². The Kier molecular flexibility index (Phi) is 6.68. The molecular weight excluding hydrogens is 249 g/mol. The maximum atomic E-state index is 13.5. The molecule has 0 aliphatic heterocycles. The Morgan fingerprint density at radius 3 is 2.67 bits per heavy atom. The maximum Gasteiger partial charge on any atom is 0.128 e. The van der Waals surface area contributed by atoms with E-state index in [1.807, 2.05) is 7.05 Å². The molecule has 0 saturated carbocycles. The third-order valence-electron chi connectivity index (χ3n) is 3.18. The number of hydrogen-bond acceptors (Lipinski definition) is 3. The van der Waals surface area contributed by atoms with E-state index in [1.54, 1.807) is 30.0 Å². The second-order valence-corrected chi connectivity index (χ2v) is 5.52. The summed E-state index contributed by atoms with van der Waals surface area (Å²) in [5.41, 5.74) is 0.392. The first-order valence-electron chi connectivity index (χ1n) is 6.18. The van der Waals surface area contributed by atoms with Gasteiger partial charge >= 0.3 is 0 Å². The first-order valence-corrected chi connectivity index (χ1v) is 7.57. The quantitative estimate of drug-likeness (QED) is 0.825. The smallest absolute Gasteiger partial charge is 0.128 e. The number of halogens is 1. The normalized spacial score (nSPS) is 14.8. The zero-order valence-corrected chi connectivity index (χ0v) is 12.1. The van der Waals surface area contributed by atoms with E-state index >= 15 is 0 Å². The van der Waals surface area contributed by atoms with Gasteiger partial charge in [0.2, 0.25) is 0 Å². The lowest BCUT2D eigenvalue weighted by Crippen LogP contribution is -2.32. The molecule has 2 unspecified atom stereocenters. The molecule has 102 valence electrons. The summed E-state index contributed by atoms with van der Waals surface area (Å²) in [6.07, 6.45) is 1.91. The highest BCUT2D eigenvalue weighted by molar-refractivity contribution is 7.98. The van der Waals surface area contributed by atoms with Gasteiger partial charge in [-0.3, -0.25) is 0 Å². The van der Waals surface area contributed by atoms with Crippen LogP contribution in [0, 0.1) is 5.82 Å². The van der Waals surface area contributed by atoms with Crippen molar-refractivity contribution in [2.75, 3.05) is 25.6 Å². The van der Waals surface area contributed by atoms with E-state index in [4.69, 9.17) is 0 Å². The highest BCUT2D eigenvalue weighted by Gasteiger charge is 2.14. The average molecular weight is 271 g/mol. The predicted octanol–water partition coefficient (Wildman–Crippen LogP) is 2.93. The van der Waals surface area contributed by atoms with E-state index in [-0.39, 0.29) is 5.82 Å². The predicted molar refractivity (Wildman–Crippen MR) is 76.5 cm³/mol. The van der Waals surface area contributed by atoms with Gasteiger partial charge in [-0.1, -0.05) is 18.2 Å². The molecule has 4 heteroatoms. The number of benzene rings is 1. The van der Waals surface area contributed by atoms with Gasteiger partial charge in [0.25, 0.3) is 0 Å². The minimum Gasteiger partial charge on any atom is -0.388 e. The molecule has 0 spiro atoms. The van der Waals surface area contributed by atoms with Crippen LogP contribution >= 0.6 is 11.8 Å². The van der Waals surface area contributed by atoms with Crippen LogP contribution in [0.3, 0.4) is 0 Å². The van der Waals surface area contributed by atoms with Gasteiger partial charge in [-0.2, -0.15) is 11.8 Å². The van der Waals surface area contributed by atoms with Gasteiger partial charge in [-0.05, 0) is 32.7 Å². The monoisotopic (exact) mass is 271 g/mol. The Hall–Kier alpha value is -0.580. The van der Waals surface area contributed by atoms with Crippen molar-refractivity contribution >= 4 is 11.8 Å². The number of thioether (sulfide) groups is 1. The second-order valence-electron chi connectivity index (χ2n) is 4.61. The Labute approximate surface area is 113 Å². The first-order chi connectivity index (χ1) is 8.56. The van der Waals surface area contributed by atoms with Crippen molar-refractivity contribution in [2.45, 2.75) is 25.5 Å². The molecule has 1 aromatic rings. The van der Waals surface area contributed by atoms with E-state index in [1.165, 1.54) is 6.07 Å². The summed E-state index contributed by atoms with van der Waals surface area (Å²) >= 11 is 1.81. The van der Waals surface area contributed by atoms with Crippen LogP contribution in [-0.4, -0.2) is 41.6 Å². The van der Waals surface area contributed by atoms with E-state index in [0.29, 0.717) is 18.0 Å². The molecule has 1 N–H and O–H groups in total. The molecule has 0 aromatic heterocycles. The van der Waals surface area contributed by atoms with Crippen molar-refractivity contribution in [1.82, 2.24) is 4.90 Å². The maximum absolute atomic E-state index is 13.5. The van der Waals surface area contributed by atoms with Crippen molar-refractivity contribution in [1.29, 1.82) is 0 Å². The fourth-order valence-corrected chi connectivity index (χ4v) is 2.55. The van der Waals surface area contributed by atoms with E-state index < -0.39 is 6.10 Å². The minimum absolute atomic E-state index is 0.329. The van der Waals surface area contributed by atoms with E-state index in [0.717, 1.165) is 12.3 Å². The summed E-state index contributed by atoms with van der Waals surface area (Å²) in [6, 6.07) is 6.89. The first kappa shape index (κ1) is 15.5. The van der Waals surface area contributed by atoms with Gasteiger partial charge in [-0.15, -0.1) is 0 Å². The molecule has 0 saturated heterocycles. The largest absolute Gasteiger partial charge is 0.388 e. The fourth-order valence-electron chi connectivity index (χ4n) is 1.82.